The van der Waals surface area contributed by atoms with Gasteiger partial charge >= 0.3 is 0 Å². The predicted octanol–water partition coefficient (Wildman–Crippen LogP) is 4.13. The van der Waals surface area contributed by atoms with Crippen LogP contribution in [0.3, 0.4) is 0 Å². The van der Waals surface area contributed by atoms with Crippen molar-refractivity contribution in [3.63, 3.8) is 0 Å². The molecule has 0 spiro atoms. The standard InChI is InChI=1S/C21H18N4O/c1-15-3-2-4-17(11-15)14-24-19-9-10-23-20(12-19)21(26)25-18-7-5-16(13-22)6-8-18/h2-12H,14H2,1H3,(H,23,24)(H,25,26). The minimum atomic E-state index is -0.297. The monoisotopic (exact) mass is 342 g/mol. The van der Waals surface area contributed by atoms with Gasteiger partial charge in [0, 0.05) is 24.1 Å². The molecule has 3 aromatic rings. The summed E-state index contributed by atoms with van der Waals surface area (Å²) >= 11 is 0. The van der Waals surface area contributed by atoms with Gasteiger partial charge in [0.15, 0.2) is 0 Å². The van der Waals surface area contributed by atoms with Crippen molar-refractivity contribution < 1.29 is 4.79 Å². The maximum absolute atomic E-state index is 12.4. The highest BCUT2D eigenvalue weighted by atomic mass is 16.1. The largest absolute Gasteiger partial charge is 0.381 e. The van der Waals surface area contributed by atoms with Crippen LogP contribution in [0.1, 0.15) is 27.2 Å². The van der Waals surface area contributed by atoms with Gasteiger partial charge in [-0.2, -0.15) is 5.26 Å². The summed E-state index contributed by atoms with van der Waals surface area (Å²) in [5, 5.41) is 14.9. The smallest absolute Gasteiger partial charge is 0.274 e. The molecule has 128 valence electrons. The third kappa shape index (κ3) is 4.46. The zero-order valence-corrected chi connectivity index (χ0v) is 14.4. The summed E-state index contributed by atoms with van der Waals surface area (Å²) < 4.78 is 0. The SMILES string of the molecule is Cc1cccc(CNc2ccnc(C(=O)Nc3ccc(C#N)cc3)c2)c1. The van der Waals surface area contributed by atoms with Gasteiger partial charge in [0.25, 0.3) is 5.91 Å². The molecule has 0 atom stereocenters. The molecule has 1 aromatic heterocycles. The lowest BCUT2D eigenvalue weighted by Gasteiger charge is -2.09. The predicted molar refractivity (Wildman–Crippen MR) is 102 cm³/mol. The number of nitrogens with one attached hydrogen (secondary N) is 2. The molecule has 0 radical (unpaired) electrons. The van der Waals surface area contributed by atoms with Crippen molar-refractivity contribution >= 4 is 17.3 Å². The highest BCUT2D eigenvalue weighted by molar-refractivity contribution is 6.03. The molecule has 1 amide bonds. The number of carbonyl (C=O) groups excluding carboxylic acids is 1. The van der Waals surface area contributed by atoms with Crippen LogP contribution in [0.15, 0.2) is 66.9 Å². The van der Waals surface area contributed by atoms with Gasteiger partial charge in [-0.05, 0) is 48.9 Å². The number of anilines is 2. The molecule has 0 unspecified atom stereocenters. The first-order valence-corrected chi connectivity index (χ1v) is 8.21. The first-order valence-electron chi connectivity index (χ1n) is 8.21. The van der Waals surface area contributed by atoms with Crippen LogP contribution in [0, 0.1) is 18.3 Å². The van der Waals surface area contributed by atoms with Crippen molar-refractivity contribution in [3.05, 3.63) is 89.2 Å². The average Bonchev–Trinajstić information content (AvgIpc) is 2.67. The van der Waals surface area contributed by atoms with Crippen molar-refractivity contribution in [3.8, 4) is 6.07 Å². The fourth-order valence-electron chi connectivity index (χ4n) is 2.51. The molecule has 0 aliphatic rings. The van der Waals surface area contributed by atoms with Gasteiger partial charge in [-0.25, -0.2) is 0 Å². The zero-order valence-electron chi connectivity index (χ0n) is 14.4. The fourth-order valence-corrected chi connectivity index (χ4v) is 2.51. The van der Waals surface area contributed by atoms with Crippen molar-refractivity contribution in [1.82, 2.24) is 4.98 Å². The normalized spacial score (nSPS) is 10.0. The molecule has 0 fully saturated rings. The summed E-state index contributed by atoms with van der Waals surface area (Å²) in [6.45, 7) is 2.73. The summed E-state index contributed by atoms with van der Waals surface area (Å²) in [4.78, 5) is 16.5. The van der Waals surface area contributed by atoms with E-state index in [2.05, 4.69) is 40.7 Å². The van der Waals surface area contributed by atoms with Gasteiger partial charge in [0.1, 0.15) is 5.69 Å². The number of benzene rings is 2. The molecule has 5 nitrogen and oxygen atoms in total. The van der Waals surface area contributed by atoms with Gasteiger partial charge in [-0.1, -0.05) is 29.8 Å². The van der Waals surface area contributed by atoms with Gasteiger partial charge in [-0.15, -0.1) is 0 Å². The van der Waals surface area contributed by atoms with Crippen LogP contribution in [-0.2, 0) is 6.54 Å². The Labute approximate surface area is 152 Å². The Kier molecular flexibility index (Phi) is 5.25. The van der Waals surface area contributed by atoms with Gasteiger partial charge in [-0.3, -0.25) is 9.78 Å². The number of nitrogens with zero attached hydrogens (tertiary/aromatic N) is 2. The summed E-state index contributed by atoms with van der Waals surface area (Å²) in [5.74, 6) is -0.297. The second-order valence-corrected chi connectivity index (χ2v) is 5.92. The van der Waals surface area contributed by atoms with Crippen LogP contribution < -0.4 is 10.6 Å². The van der Waals surface area contributed by atoms with Crippen molar-refractivity contribution in [2.24, 2.45) is 0 Å². The summed E-state index contributed by atoms with van der Waals surface area (Å²) in [6, 6.07) is 20.5. The number of pyridine rings is 1. The highest BCUT2D eigenvalue weighted by Crippen LogP contribution is 2.14. The lowest BCUT2D eigenvalue weighted by Crippen LogP contribution is -2.14. The van der Waals surface area contributed by atoms with Crippen molar-refractivity contribution in [1.29, 1.82) is 5.26 Å². The lowest BCUT2D eigenvalue weighted by atomic mass is 10.1. The Bertz CT molecular complexity index is 958. The van der Waals surface area contributed by atoms with Crippen molar-refractivity contribution in [2.75, 3.05) is 10.6 Å². The second-order valence-electron chi connectivity index (χ2n) is 5.92. The van der Waals surface area contributed by atoms with E-state index in [9.17, 15) is 4.79 Å². The number of nitriles is 1. The molecule has 2 N–H and O–H groups in total. The number of aryl methyl sites for hydroxylation is 1. The van der Waals surface area contributed by atoms with Crippen LogP contribution in [0.25, 0.3) is 0 Å². The molecule has 2 aromatic carbocycles. The molecular formula is C21H18N4O. The Morgan fingerprint density at radius 2 is 1.88 bits per heavy atom. The summed E-state index contributed by atoms with van der Waals surface area (Å²) in [6.07, 6.45) is 1.60. The van der Waals surface area contributed by atoms with E-state index in [4.69, 9.17) is 5.26 Å². The van der Waals surface area contributed by atoms with Gasteiger partial charge in [0.05, 0.1) is 11.6 Å². The molecule has 0 aliphatic carbocycles. The number of hydrogen-bond acceptors (Lipinski definition) is 4. The van der Waals surface area contributed by atoms with E-state index in [1.807, 2.05) is 18.2 Å². The van der Waals surface area contributed by atoms with Crippen LogP contribution in [0.5, 0.6) is 0 Å². The Morgan fingerprint density at radius 1 is 1.08 bits per heavy atom. The fraction of sp³-hybridized carbons (Fsp3) is 0.0952. The quantitative estimate of drug-likeness (QED) is 0.731. The second kappa shape index (κ2) is 7.95. The molecule has 0 saturated carbocycles. The minimum absolute atomic E-state index is 0.297. The van der Waals surface area contributed by atoms with Crippen LogP contribution in [0.4, 0.5) is 11.4 Å². The maximum Gasteiger partial charge on any atom is 0.274 e. The average molecular weight is 342 g/mol. The molecule has 0 saturated heterocycles. The molecule has 3 rings (SSSR count). The third-order valence-corrected chi connectivity index (χ3v) is 3.84. The third-order valence-electron chi connectivity index (χ3n) is 3.84. The minimum Gasteiger partial charge on any atom is -0.381 e. The van der Waals surface area contributed by atoms with E-state index < -0.39 is 0 Å². The van der Waals surface area contributed by atoms with E-state index in [0.29, 0.717) is 23.5 Å². The molecule has 5 heteroatoms. The number of amides is 1. The van der Waals surface area contributed by atoms with E-state index in [1.165, 1.54) is 11.1 Å². The van der Waals surface area contributed by atoms with Crippen LogP contribution >= 0.6 is 0 Å². The number of aromatic nitrogens is 1. The van der Waals surface area contributed by atoms with E-state index in [0.717, 1.165) is 5.69 Å². The van der Waals surface area contributed by atoms with Gasteiger partial charge < -0.3 is 10.6 Å². The van der Waals surface area contributed by atoms with Gasteiger partial charge in [0.2, 0.25) is 0 Å². The Hall–Kier alpha value is -3.65. The molecule has 0 aliphatic heterocycles. The number of rotatable bonds is 5. The topological polar surface area (TPSA) is 77.8 Å². The molecular weight excluding hydrogens is 324 g/mol. The summed E-state index contributed by atoms with van der Waals surface area (Å²) in [5.41, 5.74) is 4.69. The van der Waals surface area contributed by atoms with E-state index in [-0.39, 0.29) is 5.91 Å². The number of carbonyl (C=O) groups is 1. The summed E-state index contributed by atoms with van der Waals surface area (Å²) in [7, 11) is 0. The number of hydrogen-bond donors (Lipinski definition) is 2. The first-order chi connectivity index (χ1) is 12.6. The Morgan fingerprint density at radius 3 is 2.62 bits per heavy atom. The lowest BCUT2D eigenvalue weighted by molar-refractivity contribution is 0.102. The Balaban J connectivity index is 1.65. The maximum atomic E-state index is 12.4. The molecule has 1 heterocycles. The molecule has 26 heavy (non-hydrogen) atoms. The molecule has 0 bridgehead atoms. The van der Waals surface area contributed by atoms with Crippen LogP contribution in [0.2, 0.25) is 0 Å². The van der Waals surface area contributed by atoms with E-state index in [1.54, 1.807) is 36.5 Å². The van der Waals surface area contributed by atoms with E-state index >= 15 is 0 Å². The first kappa shape index (κ1) is 17.2. The highest BCUT2D eigenvalue weighted by Gasteiger charge is 2.08. The van der Waals surface area contributed by atoms with Crippen LogP contribution in [-0.4, -0.2) is 10.9 Å². The van der Waals surface area contributed by atoms with Crippen molar-refractivity contribution in [2.45, 2.75) is 13.5 Å². The zero-order chi connectivity index (χ0) is 18.4.